The highest BCUT2D eigenvalue weighted by atomic mass is 32.2. The fourth-order valence-electron chi connectivity index (χ4n) is 4.05. The predicted molar refractivity (Wildman–Crippen MR) is 110 cm³/mol. The molecule has 1 fully saturated rings. The number of sulfonamides is 1. The Kier molecular flexibility index (Phi) is 5.11. The number of ether oxygens (including phenoxy) is 2. The van der Waals surface area contributed by atoms with Crippen molar-refractivity contribution in [2.45, 2.75) is 30.6 Å². The number of rotatable bonds is 4. The smallest absolute Gasteiger partial charge is 0.243 e. The molecular weight excluding hydrogens is 420 g/mol. The molecule has 1 saturated heterocycles. The first kappa shape index (κ1) is 20.0. The van der Waals surface area contributed by atoms with E-state index in [0.29, 0.717) is 56.4 Å². The molecule has 0 atom stereocenters. The summed E-state index contributed by atoms with van der Waals surface area (Å²) >= 11 is 0. The molecule has 1 aromatic carbocycles. The Morgan fingerprint density at radius 3 is 2.58 bits per heavy atom. The van der Waals surface area contributed by atoms with Gasteiger partial charge in [0, 0.05) is 37.3 Å². The molecule has 5 rings (SSSR count). The molecule has 162 valence electrons. The first-order chi connectivity index (χ1) is 15.0. The molecule has 0 radical (unpaired) electrons. The lowest BCUT2D eigenvalue weighted by atomic mass is 9.91. The Bertz CT molecular complexity index is 1200. The van der Waals surface area contributed by atoms with Gasteiger partial charge in [-0.3, -0.25) is 0 Å². The summed E-state index contributed by atoms with van der Waals surface area (Å²) in [5.41, 5.74) is 2.45. The average molecular weight is 442 g/mol. The molecule has 0 amide bonds. The third kappa shape index (κ3) is 3.77. The monoisotopic (exact) mass is 442 g/mol. The molecule has 10 heteroatoms. The van der Waals surface area contributed by atoms with Crippen LogP contribution < -0.4 is 9.47 Å². The Hall–Kier alpha value is -2.98. The molecule has 9 nitrogen and oxygen atoms in total. The van der Waals surface area contributed by atoms with E-state index < -0.39 is 10.0 Å². The lowest BCUT2D eigenvalue weighted by Gasteiger charge is -2.31. The maximum Gasteiger partial charge on any atom is 0.243 e. The number of benzene rings is 1. The van der Waals surface area contributed by atoms with Crippen LogP contribution >= 0.6 is 0 Å². The fraction of sp³-hybridized carbons (Fsp3) is 0.381. The zero-order valence-electron chi connectivity index (χ0n) is 17.0. The molecule has 0 N–H and O–H groups in total. The van der Waals surface area contributed by atoms with Crippen LogP contribution in [0.15, 0.2) is 46.2 Å². The van der Waals surface area contributed by atoms with Crippen molar-refractivity contribution >= 4 is 10.0 Å². The minimum atomic E-state index is -3.62. The highest BCUT2D eigenvalue weighted by Gasteiger charge is 2.32. The third-order valence-corrected chi connectivity index (χ3v) is 7.52. The molecule has 2 aliphatic heterocycles. The molecule has 4 heterocycles. The van der Waals surface area contributed by atoms with Crippen LogP contribution in [-0.4, -0.2) is 54.2 Å². The molecule has 31 heavy (non-hydrogen) atoms. The van der Waals surface area contributed by atoms with Gasteiger partial charge in [-0.05, 0) is 31.9 Å². The Labute approximate surface area is 180 Å². The second kappa shape index (κ2) is 7.93. The van der Waals surface area contributed by atoms with Gasteiger partial charge < -0.3 is 14.0 Å². The van der Waals surface area contributed by atoms with Gasteiger partial charge >= 0.3 is 0 Å². The van der Waals surface area contributed by atoms with E-state index in [1.165, 1.54) is 10.6 Å². The summed E-state index contributed by atoms with van der Waals surface area (Å²) in [6, 6.07) is 6.62. The molecular formula is C21H22N4O5S. The summed E-state index contributed by atoms with van der Waals surface area (Å²) in [5.74, 6) is 1.77. The van der Waals surface area contributed by atoms with Gasteiger partial charge in [0.15, 0.2) is 17.3 Å². The van der Waals surface area contributed by atoms with Gasteiger partial charge in [0.25, 0.3) is 0 Å². The highest BCUT2D eigenvalue weighted by Crippen LogP contribution is 2.37. The van der Waals surface area contributed by atoms with E-state index in [-0.39, 0.29) is 10.8 Å². The molecule has 2 aromatic heterocycles. The SMILES string of the molecule is Cc1cc(-c2cncnc2C2CCN(S(=O)(=O)c3ccc4c(c3)OCCO4)CC2)on1. The molecule has 0 unspecified atom stereocenters. The summed E-state index contributed by atoms with van der Waals surface area (Å²) in [4.78, 5) is 8.83. The van der Waals surface area contributed by atoms with Gasteiger partial charge in [-0.15, -0.1) is 0 Å². The Morgan fingerprint density at radius 2 is 1.84 bits per heavy atom. The highest BCUT2D eigenvalue weighted by molar-refractivity contribution is 7.89. The molecule has 0 aliphatic carbocycles. The van der Waals surface area contributed by atoms with Crippen LogP contribution in [0.25, 0.3) is 11.3 Å². The zero-order chi connectivity index (χ0) is 21.4. The summed E-state index contributed by atoms with van der Waals surface area (Å²) < 4.78 is 44.3. The normalized spacial score (nSPS) is 17.6. The van der Waals surface area contributed by atoms with Crippen LogP contribution in [0.3, 0.4) is 0 Å². The van der Waals surface area contributed by atoms with E-state index in [4.69, 9.17) is 14.0 Å². The third-order valence-electron chi connectivity index (χ3n) is 5.63. The lowest BCUT2D eigenvalue weighted by Crippen LogP contribution is -2.38. The maximum absolute atomic E-state index is 13.2. The van der Waals surface area contributed by atoms with Crippen LogP contribution in [0.5, 0.6) is 11.5 Å². The summed E-state index contributed by atoms with van der Waals surface area (Å²) in [6.07, 6.45) is 4.54. The largest absolute Gasteiger partial charge is 0.486 e. The molecule has 2 aliphatic rings. The molecule has 3 aromatic rings. The van der Waals surface area contributed by atoms with Crippen molar-refractivity contribution in [2.75, 3.05) is 26.3 Å². The summed E-state index contributed by atoms with van der Waals surface area (Å²) in [5, 5.41) is 3.95. The van der Waals surface area contributed by atoms with Gasteiger partial charge in [0.1, 0.15) is 19.5 Å². The van der Waals surface area contributed by atoms with Crippen molar-refractivity contribution in [3.05, 3.63) is 48.2 Å². The van der Waals surface area contributed by atoms with Gasteiger partial charge in [-0.2, -0.15) is 4.31 Å². The fourth-order valence-corrected chi connectivity index (χ4v) is 5.53. The van der Waals surface area contributed by atoms with E-state index >= 15 is 0 Å². The molecule has 0 spiro atoms. The minimum Gasteiger partial charge on any atom is -0.486 e. The van der Waals surface area contributed by atoms with Crippen molar-refractivity contribution in [1.29, 1.82) is 0 Å². The topological polar surface area (TPSA) is 108 Å². The Morgan fingerprint density at radius 1 is 1.06 bits per heavy atom. The van der Waals surface area contributed by atoms with Crippen LogP contribution in [0.2, 0.25) is 0 Å². The number of fused-ring (bicyclic) bond motifs is 1. The molecule has 0 bridgehead atoms. The zero-order valence-corrected chi connectivity index (χ0v) is 17.8. The van der Waals surface area contributed by atoms with Gasteiger partial charge in [0.05, 0.1) is 21.8 Å². The number of piperidine rings is 1. The number of hydrogen-bond donors (Lipinski definition) is 0. The Balaban J connectivity index is 1.34. The second-order valence-corrected chi connectivity index (χ2v) is 9.58. The summed E-state index contributed by atoms with van der Waals surface area (Å²) in [7, 11) is -3.62. The van der Waals surface area contributed by atoms with E-state index in [0.717, 1.165) is 17.0 Å². The van der Waals surface area contributed by atoms with E-state index in [2.05, 4.69) is 15.1 Å². The second-order valence-electron chi connectivity index (χ2n) is 7.64. The standard InChI is InChI=1S/C21H22N4O5S/c1-14-10-19(30-24-14)17-12-22-13-23-21(17)15-4-6-25(7-5-15)31(26,27)16-2-3-18-20(11-16)29-9-8-28-18/h2-3,10-13,15H,4-9H2,1H3. The average Bonchev–Trinajstić information content (AvgIpc) is 3.25. The van der Waals surface area contributed by atoms with Crippen molar-refractivity contribution in [1.82, 2.24) is 19.4 Å². The quantitative estimate of drug-likeness (QED) is 0.607. The number of aryl methyl sites for hydroxylation is 1. The number of nitrogens with zero attached hydrogens (tertiary/aromatic N) is 4. The lowest BCUT2D eigenvalue weighted by molar-refractivity contribution is 0.171. The van der Waals surface area contributed by atoms with Crippen LogP contribution in [0, 0.1) is 6.92 Å². The molecule has 0 saturated carbocycles. The van der Waals surface area contributed by atoms with Crippen molar-refractivity contribution < 1.29 is 22.4 Å². The van der Waals surface area contributed by atoms with Crippen molar-refractivity contribution in [3.8, 4) is 22.8 Å². The summed E-state index contributed by atoms with van der Waals surface area (Å²) in [6.45, 7) is 3.54. The van der Waals surface area contributed by atoms with E-state index in [1.807, 2.05) is 13.0 Å². The van der Waals surface area contributed by atoms with Gasteiger partial charge in [0.2, 0.25) is 10.0 Å². The van der Waals surface area contributed by atoms with Crippen LogP contribution in [-0.2, 0) is 10.0 Å². The van der Waals surface area contributed by atoms with Gasteiger partial charge in [-0.1, -0.05) is 5.16 Å². The van der Waals surface area contributed by atoms with Crippen molar-refractivity contribution in [2.24, 2.45) is 0 Å². The van der Waals surface area contributed by atoms with Gasteiger partial charge in [-0.25, -0.2) is 18.4 Å². The predicted octanol–water partition coefficient (Wildman–Crippen LogP) is 2.78. The van der Waals surface area contributed by atoms with E-state index in [9.17, 15) is 8.42 Å². The number of hydrogen-bond acceptors (Lipinski definition) is 8. The first-order valence-corrected chi connectivity index (χ1v) is 11.6. The van der Waals surface area contributed by atoms with E-state index in [1.54, 1.807) is 24.4 Å². The number of aromatic nitrogens is 3. The van der Waals surface area contributed by atoms with Crippen molar-refractivity contribution in [3.63, 3.8) is 0 Å². The van der Waals surface area contributed by atoms with Crippen LogP contribution in [0.1, 0.15) is 30.1 Å². The van der Waals surface area contributed by atoms with Crippen LogP contribution in [0.4, 0.5) is 0 Å². The maximum atomic E-state index is 13.2. The minimum absolute atomic E-state index is 0.107. The first-order valence-electron chi connectivity index (χ1n) is 10.2.